The molecule has 2 heterocycles. The molecule has 0 amide bonds. The van der Waals surface area contributed by atoms with Gasteiger partial charge in [0, 0.05) is 12.1 Å². The standard InChI is InChI=1S/C16H13ClN4O2/c1-22-13-10(3-2-4-11(13)17)15-20-16(23-21-15)12-7-8-18-14(19-12)9-5-6-9/h2-4,7-9H,5-6H2,1H3. The third kappa shape index (κ3) is 2.66. The van der Waals surface area contributed by atoms with Crippen molar-refractivity contribution < 1.29 is 9.26 Å². The van der Waals surface area contributed by atoms with Crippen LogP contribution in [0.15, 0.2) is 35.0 Å². The Kier molecular flexibility index (Phi) is 3.46. The molecule has 0 unspecified atom stereocenters. The number of ether oxygens (including phenoxy) is 1. The van der Waals surface area contributed by atoms with Gasteiger partial charge in [-0.2, -0.15) is 4.98 Å². The molecule has 3 aromatic rings. The fourth-order valence-corrected chi connectivity index (χ4v) is 2.61. The lowest BCUT2D eigenvalue weighted by Gasteiger charge is -2.06. The van der Waals surface area contributed by atoms with Crippen molar-refractivity contribution in [3.05, 3.63) is 41.3 Å². The van der Waals surface area contributed by atoms with E-state index in [4.69, 9.17) is 20.9 Å². The molecule has 1 aliphatic carbocycles. The molecule has 0 bridgehead atoms. The summed E-state index contributed by atoms with van der Waals surface area (Å²) in [7, 11) is 1.55. The molecule has 7 heteroatoms. The van der Waals surface area contributed by atoms with E-state index in [1.807, 2.05) is 12.1 Å². The predicted molar refractivity (Wildman–Crippen MR) is 84.3 cm³/mol. The maximum atomic E-state index is 6.13. The van der Waals surface area contributed by atoms with Crippen LogP contribution < -0.4 is 4.74 Å². The molecule has 4 rings (SSSR count). The molecule has 1 saturated carbocycles. The van der Waals surface area contributed by atoms with Crippen molar-refractivity contribution >= 4 is 11.6 Å². The summed E-state index contributed by atoms with van der Waals surface area (Å²) in [5, 5.41) is 4.51. The molecule has 0 N–H and O–H groups in total. The number of hydrogen-bond acceptors (Lipinski definition) is 6. The zero-order chi connectivity index (χ0) is 15.8. The highest BCUT2D eigenvalue weighted by molar-refractivity contribution is 6.32. The van der Waals surface area contributed by atoms with E-state index in [1.165, 1.54) is 0 Å². The Morgan fingerprint density at radius 2 is 2.09 bits per heavy atom. The number of methoxy groups -OCH3 is 1. The van der Waals surface area contributed by atoms with Crippen LogP contribution in [0.3, 0.4) is 0 Å². The average Bonchev–Trinajstić information content (AvgIpc) is 3.32. The summed E-state index contributed by atoms with van der Waals surface area (Å²) >= 11 is 6.13. The van der Waals surface area contributed by atoms with Crippen molar-refractivity contribution in [1.29, 1.82) is 0 Å². The van der Waals surface area contributed by atoms with Gasteiger partial charge in [0.2, 0.25) is 5.82 Å². The third-order valence-corrected chi connectivity index (χ3v) is 3.97. The van der Waals surface area contributed by atoms with Gasteiger partial charge in [-0.05, 0) is 31.0 Å². The Labute approximate surface area is 137 Å². The quantitative estimate of drug-likeness (QED) is 0.726. The number of halogens is 1. The van der Waals surface area contributed by atoms with E-state index in [9.17, 15) is 0 Å². The minimum Gasteiger partial charge on any atom is -0.494 e. The minimum atomic E-state index is 0.353. The van der Waals surface area contributed by atoms with Crippen molar-refractivity contribution in [2.45, 2.75) is 18.8 Å². The maximum Gasteiger partial charge on any atom is 0.276 e. The molecule has 0 atom stereocenters. The third-order valence-electron chi connectivity index (χ3n) is 3.67. The topological polar surface area (TPSA) is 73.9 Å². The van der Waals surface area contributed by atoms with Crippen LogP contribution in [0.5, 0.6) is 5.75 Å². The first kappa shape index (κ1) is 14.1. The summed E-state index contributed by atoms with van der Waals surface area (Å²) < 4.78 is 10.7. The van der Waals surface area contributed by atoms with E-state index in [0.717, 1.165) is 18.7 Å². The maximum absolute atomic E-state index is 6.13. The molecule has 0 spiro atoms. The second-order valence-corrected chi connectivity index (χ2v) is 5.73. The molecule has 1 aromatic carbocycles. The summed E-state index contributed by atoms with van der Waals surface area (Å²) in [5.41, 5.74) is 1.30. The van der Waals surface area contributed by atoms with Crippen molar-refractivity contribution in [3.8, 4) is 28.7 Å². The number of rotatable bonds is 4. The Morgan fingerprint density at radius 1 is 1.22 bits per heavy atom. The predicted octanol–water partition coefficient (Wildman–Crippen LogP) is 3.73. The summed E-state index contributed by atoms with van der Waals surface area (Å²) in [4.78, 5) is 13.2. The summed E-state index contributed by atoms with van der Waals surface area (Å²) in [6.07, 6.45) is 4.00. The monoisotopic (exact) mass is 328 g/mol. The average molecular weight is 329 g/mol. The highest BCUT2D eigenvalue weighted by Gasteiger charge is 2.27. The molecular formula is C16H13ClN4O2. The number of aromatic nitrogens is 4. The first-order valence-corrected chi connectivity index (χ1v) is 7.64. The second-order valence-electron chi connectivity index (χ2n) is 5.32. The van der Waals surface area contributed by atoms with Crippen molar-refractivity contribution in [2.75, 3.05) is 7.11 Å². The van der Waals surface area contributed by atoms with E-state index < -0.39 is 0 Å². The van der Waals surface area contributed by atoms with Crippen LogP contribution in [0.4, 0.5) is 0 Å². The molecule has 1 fully saturated rings. The highest BCUT2D eigenvalue weighted by Crippen LogP contribution is 2.38. The molecule has 23 heavy (non-hydrogen) atoms. The Morgan fingerprint density at radius 3 is 2.87 bits per heavy atom. The van der Waals surface area contributed by atoms with Gasteiger partial charge in [-0.3, -0.25) is 0 Å². The summed E-state index contributed by atoms with van der Waals surface area (Å²) in [5.74, 6) is 2.58. The largest absolute Gasteiger partial charge is 0.494 e. The van der Waals surface area contributed by atoms with Gasteiger partial charge in [-0.1, -0.05) is 22.8 Å². The van der Waals surface area contributed by atoms with E-state index in [0.29, 0.717) is 39.7 Å². The molecule has 6 nitrogen and oxygen atoms in total. The van der Waals surface area contributed by atoms with Crippen LogP contribution in [0.1, 0.15) is 24.6 Å². The Hall–Kier alpha value is -2.47. The van der Waals surface area contributed by atoms with Crippen molar-refractivity contribution in [1.82, 2.24) is 20.1 Å². The zero-order valence-electron chi connectivity index (χ0n) is 12.4. The van der Waals surface area contributed by atoms with Gasteiger partial charge in [0.05, 0.1) is 17.7 Å². The van der Waals surface area contributed by atoms with Gasteiger partial charge in [0.15, 0.2) is 0 Å². The first-order chi connectivity index (χ1) is 11.3. The fourth-order valence-electron chi connectivity index (χ4n) is 2.36. The molecule has 116 valence electrons. The van der Waals surface area contributed by atoms with Crippen molar-refractivity contribution in [3.63, 3.8) is 0 Å². The number of hydrogen-bond donors (Lipinski definition) is 0. The number of para-hydroxylation sites is 1. The lowest BCUT2D eigenvalue weighted by atomic mass is 10.2. The smallest absolute Gasteiger partial charge is 0.276 e. The van der Waals surface area contributed by atoms with E-state index in [1.54, 1.807) is 25.4 Å². The normalized spacial score (nSPS) is 14.0. The fraction of sp³-hybridized carbons (Fsp3) is 0.250. The van der Waals surface area contributed by atoms with Gasteiger partial charge < -0.3 is 9.26 Å². The molecule has 1 aliphatic rings. The Balaban J connectivity index is 1.72. The summed E-state index contributed by atoms with van der Waals surface area (Å²) in [6.45, 7) is 0. The Bertz CT molecular complexity index is 861. The molecular weight excluding hydrogens is 316 g/mol. The van der Waals surface area contributed by atoms with Gasteiger partial charge >= 0.3 is 0 Å². The molecule has 0 aliphatic heterocycles. The van der Waals surface area contributed by atoms with E-state index in [2.05, 4.69) is 20.1 Å². The van der Waals surface area contributed by atoms with Crippen LogP contribution in [-0.2, 0) is 0 Å². The van der Waals surface area contributed by atoms with Gasteiger partial charge in [0.25, 0.3) is 5.89 Å². The highest BCUT2D eigenvalue weighted by atomic mass is 35.5. The summed E-state index contributed by atoms with van der Waals surface area (Å²) in [6, 6.07) is 7.15. The molecule has 0 radical (unpaired) electrons. The molecule has 0 saturated heterocycles. The first-order valence-electron chi connectivity index (χ1n) is 7.26. The molecule has 2 aromatic heterocycles. The van der Waals surface area contributed by atoms with Crippen molar-refractivity contribution in [2.24, 2.45) is 0 Å². The second kappa shape index (κ2) is 5.62. The SMILES string of the molecule is COc1c(Cl)cccc1-c1noc(-c2ccnc(C3CC3)n2)n1. The van der Waals surface area contributed by atoms with E-state index in [-0.39, 0.29) is 0 Å². The lowest BCUT2D eigenvalue weighted by Crippen LogP contribution is -1.94. The van der Waals surface area contributed by atoms with Gasteiger partial charge in [-0.25, -0.2) is 9.97 Å². The number of benzene rings is 1. The van der Waals surface area contributed by atoms with Gasteiger partial charge in [0.1, 0.15) is 17.3 Å². The van der Waals surface area contributed by atoms with Crippen LogP contribution >= 0.6 is 11.6 Å². The van der Waals surface area contributed by atoms with Crippen LogP contribution in [0.2, 0.25) is 5.02 Å². The number of nitrogens with zero attached hydrogens (tertiary/aromatic N) is 4. The van der Waals surface area contributed by atoms with Crippen LogP contribution in [0, 0.1) is 0 Å². The van der Waals surface area contributed by atoms with Gasteiger partial charge in [-0.15, -0.1) is 0 Å². The van der Waals surface area contributed by atoms with Crippen LogP contribution in [-0.4, -0.2) is 27.2 Å². The van der Waals surface area contributed by atoms with Crippen LogP contribution in [0.25, 0.3) is 23.0 Å². The minimum absolute atomic E-state index is 0.353. The zero-order valence-corrected chi connectivity index (χ0v) is 13.1. The van der Waals surface area contributed by atoms with E-state index >= 15 is 0 Å². The lowest BCUT2D eigenvalue weighted by molar-refractivity contribution is 0.413.